The second-order valence-electron chi connectivity index (χ2n) is 3.49. The summed E-state index contributed by atoms with van der Waals surface area (Å²) < 4.78 is 1.99. The summed E-state index contributed by atoms with van der Waals surface area (Å²) in [6.07, 6.45) is 3.78. The second-order valence-corrected chi connectivity index (χ2v) is 3.87. The summed E-state index contributed by atoms with van der Waals surface area (Å²) in [5.74, 6) is 0. The van der Waals surface area contributed by atoms with Crippen molar-refractivity contribution in [3.63, 3.8) is 0 Å². The molecule has 0 aliphatic carbocycles. The van der Waals surface area contributed by atoms with Gasteiger partial charge in [0.1, 0.15) is 5.15 Å². The van der Waals surface area contributed by atoms with Gasteiger partial charge >= 0.3 is 0 Å². The standard InChI is InChI=1S/C9H9ClN4/c10-9-1-8-6(2-12-9)5-14(13-8)7-3-11-4-7/h1-2,5,7,11H,3-4H2. The molecular weight excluding hydrogens is 200 g/mol. The highest BCUT2D eigenvalue weighted by atomic mass is 35.5. The van der Waals surface area contributed by atoms with Crippen molar-refractivity contribution in [1.82, 2.24) is 20.1 Å². The SMILES string of the molecule is Clc1cc2nn(C3CNC3)cc2cn1. The van der Waals surface area contributed by atoms with E-state index in [1.165, 1.54) is 0 Å². The predicted molar refractivity (Wildman–Crippen MR) is 54.4 cm³/mol. The summed E-state index contributed by atoms with van der Waals surface area (Å²) in [6.45, 7) is 1.99. The van der Waals surface area contributed by atoms with Gasteiger partial charge in [-0.15, -0.1) is 0 Å². The first kappa shape index (κ1) is 8.20. The number of fused-ring (bicyclic) bond motifs is 1. The molecule has 2 aromatic rings. The number of pyridine rings is 1. The van der Waals surface area contributed by atoms with Crippen molar-refractivity contribution in [3.8, 4) is 0 Å². The van der Waals surface area contributed by atoms with Crippen LogP contribution in [0.5, 0.6) is 0 Å². The van der Waals surface area contributed by atoms with E-state index < -0.39 is 0 Å². The minimum atomic E-state index is 0.487. The molecule has 72 valence electrons. The normalized spacial score (nSPS) is 17.2. The molecule has 3 rings (SSSR count). The maximum absolute atomic E-state index is 5.78. The van der Waals surface area contributed by atoms with Crippen LogP contribution in [0.3, 0.4) is 0 Å². The van der Waals surface area contributed by atoms with E-state index in [1.807, 2.05) is 10.9 Å². The minimum Gasteiger partial charge on any atom is -0.312 e. The Labute approximate surface area is 85.9 Å². The number of hydrogen-bond donors (Lipinski definition) is 1. The summed E-state index contributed by atoms with van der Waals surface area (Å²) >= 11 is 5.78. The van der Waals surface area contributed by atoms with Gasteiger partial charge in [0.25, 0.3) is 0 Å². The number of nitrogens with zero attached hydrogens (tertiary/aromatic N) is 3. The average molecular weight is 209 g/mol. The van der Waals surface area contributed by atoms with Crippen LogP contribution in [0.1, 0.15) is 6.04 Å². The smallest absolute Gasteiger partial charge is 0.131 e. The van der Waals surface area contributed by atoms with Crippen LogP contribution < -0.4 is 5.32 Å². The first-order valence-corrected chi connectivity index (χ1v) is 4.92. The summed E-state index contributed by atoms with van der Waals surface area (Å²) in [4.78, 5) is 4.02. The fourth-order valence-corrected chi connectivity index (χ4v) is 1.71. The van der Waals surface area contributed by atoms with E-state index in [0.29, 0.717) is 11.2 Å². The van der Waals surface area contributed by atoms with E-state index in [-0.39, 0.29) is 0 Å². The molecule has 1 N–H and O–H groups in total. The Morgan fingerprint density at radius 1 is 1.50 bits per heavy atom. The molecule has 3 heterocycles. The Balaban J connectivity index is 2.10. The predicted octanol–water partition coefficient (Wildman–Crippen LogP) is 1.23. The second kappa shape index (κ2) is 2.93. The number of aromatic nitrogens is 3. The molecule has 4 nitrogen and oxygen atoms in total. The van der Waals surface area contributed by atoms with E-state index >= 15 is 0 Å². The van der Waals surface area contributed by atoms with Gasteiger partial charge in [0.15, 0.2) is 0 Å². The average Bonchev–Trinajstić information content (AvgIpc) is 2.43. The molecule has 1 fully saturated rings. The van der Waals surface area contributed by atoms with Gasteiger partial charge in [0, 0.05) is 36.9 Å². The molecule has 0 bridgehead atoms. The van der Waals surface area contributed by atoms with Crippen LogP contribution >= 0.6 is 11.6 Å². The molecule has 0 aromatic carbocycles. The van der Waals surface area contributed by atoms with Crippen LogP contribution in [-0.2, 0) is 0 Å². The molecule has 1 aliphatic heterocycles. The lowest BCUT2D eigenvalue weighted by atomic mass is 10.2. The molecule has 0 spiro atoms. The van der Waals surface area contributed by atoms with Crippen LogP contribution in [0.15, 0.2) is 18.5 Å². The van der Waals surface area contributed by atoms with Crippen molar-refractivity contribution < 1.29 is 0 Å². The molecule has 0 amide bonds. The number of hydrogen-bond acceptors (Lipinski definition) is 3. The summed E-state index contributed by atoms with van der Waals surface area (Å²) in [6, 6.07) is 2.28. The number of halogens is 1. The molecule has 0 atom stereocenters. The van der Waals surface area contributed by atoms with Crippen LogP contribution in [0.4, 0.5) is 0 Å². The van der Waals surface area contributed by atoms with Gasteiger partial charge < -0.3 is 5.32 Å². The zero-order valence-electron chi connectivity index (χ0n) is 7.44. The zero-order valence-corrected chi connectivity index (χ0v) is 8.20. The topological polar surface area (TPSA) is 42.7 Å². The van der Waals surface area contributed by atoms with Gasteiger partial charge in [-0.3, -0.25) is 4.68 Å². The van der Waals surface area contributed by atoms with Gasteiger partial charge in [-0.2, -0.15) is 5.10 Å². The quantitative estimate of drug-likeness (QED) is 0.717. The third kappa shape index (κ3) is 1.19. The third-order valence-corrected chi connectivity index (χ3v) is 2.71. The number of rotatable bonds is 1. The van der Waals surface area contributed by atoms with Crippen LogP contribution in [0.25, 0.3) is 10.9 Å². The maximum atomic E-state index is 5.78. The summed E-state index contributed by atoms with van der Waals surface area (Å²) in [5.41, 5.74) is 0.914. The molecule has 14 heavy (non-hydrogen) atoms. The van der Waals surface area contributed by atoms with E-state index in [2.05, 4.69) is 15.4 Å². The highest BCUT2D eigenvalue weighted by Crippen LogP contribution is 2.18. The molecular formula is C9H9ClN4. The Morgan fingerprint density at radius 3 is 3.07 bits per heavy atom. The summed E-state index contributed by atoms with van der Waals surface area (Å²) in [7, 11) is 0. The highest BCUT2D eigenvalue weighted by molar-refractivity contribution is 6.29. The van der Waals surface area contributed by atoms with Crippen molar-refractivity contribution in [2.24, 2.45) is 0 Å². The lowest BCUT2D eigenvalue weighted by Gasteiger charge is -2.27. The third-order valence-electron chi connectivity index (χ3n) is 2.51. The summed E-state index contributed by atoms with van der Waals surface area (Å²) in [5, 5.41) is 9.20. The molecule has 0 radical (unpaired) electrons. The fourth-order valence-electron chi connectivity index (χ4n) is 1.56. The fraction of sp³-hybridized carbons (Fsp3) is 0.333. The monoisotopic (exact) mass is 208 g/mol. The van der Waals surface area contributed by atoms with Crippen molar-refractivity contribution in [3.05, 3.63) is 23.6 Å². The largest absolute Gasteiger partial charge is 0.312 e. The highest BCUT2D eigenvalue weighted by Gasteiger charge is 2.19. The Bertz CT molecular complexity index is 475. The van der Waals surface area contributed by atoms with Gasteiger partial charge in [-0.1, -0.05) is 11.6 Å². The van der Waals surface area contributed by atoms with Gasteiger partial charge in [-0.25, -0.2) is 4.98 Å². The molecule has 5 heteroatoms. The lowest BCUT2D eigenvalue weighted by molar-refractivity contribution is 0.320. The van der Waals surface area contributed by atoms with E-state index in [4.69, 9.17) is 11.6 Å². The van der Waals surface area contributed by atoms with Crippen LogP contribution in [-0.4, -0.2) is 27.9 Å². The molecule has 0 saturated carbocycles. The van der Waals surface area contributed by atoms with Crippen molar-refractivity contribution in [2.75, 3.05) is 13.1 Å². The minimum absolute atomic E-state index is 0.487. The van der Waals surface area contributed by atoms with Crippen LogP contribution in [0.2, 0.25) is 5.15 Å². The molecule has 1 saturated heterocycles. The lowest BCUT2D eigenvalue weighted by Crippen LogP contribution is -2.43. The Hall–Kier alpha value is -1.13. The maximum Gasteiger partial charge on any atom is 0.131 e. The Kier molecular flexibility index (Phi) is 1.72. The molecule has 0 unspecified atom stereocenters. The molecule has 1 aliphatic rings. The van der Waals surface area contributed by atoms with Gasteiger partial charge in [0.2, 0.25) is 0 Å². The van der Waals surface area contributed by atoms with Crippen molar-refractivity contribution in [2.45, 2.75) is 6.04 Å². The van der Waals surface area contributed by atoms with Crippen molar-refractivity contribution >= 4 is 22.5 Å². The first-order chi connectivity index (χ1) is 6.83. The van der Waals surface area contributed by atoms with Gasteiger partial charge in [-0.05, 0) is 0 Å². The van der Waals surface area contributed by atoms with E-state index in [9.17, 15) is 0 Å². The van der Waals surface area contributed by atoms with E-state index in [1.54, 1.807) is 12.3 Å². The molecule has 2 aromatic heterocycles. The van der Waals surface area contributed by atoms with E-state index in [0.717, 1.165) is 24.0 Å². The van der Waals surface area contributed by atoms with Crippen LogP contribution in [0, 0.1) is 0 Å². The van der Waals surface area contributed by atoms with Gasteiger partial charge in [0.05, 0.1) is 11.6 Å². The Morgan fingerprint density at radius 2 is 2.36 bits per heavy atom. The zero-order chi connectivity index (χ0) is 9.54. The first-order valence-electron chi connectivity index (χ1n) is 4.54. The van der Waals surface area contributed by atoms with Crippen molar-refractivity contribution in [1.29, 1.82) is 0 Å². The number of nitrogens with one attached hydrogen (secondary N) is 1.